The summed E-state index contributed by atoms with van der Waals surface area (Å²) in [5.41, 5.74) is 4.90. The Morgan fingerprint density at radius 3 is 2.00 bits per heavy atom. The van der Waals surface area contributed by atoms with Gasteiger partial charge in [0, 0.05) is 62.5 Å². The van der Waals surface area contributed by atoms with Crippen molar-refractivity contribution in [1.29, 1.82) is 0 Å². The number of carbonyl (C=O) groups is 1. The SMILES string of the molecule is CCCCN(CCCC)c1ccc(C2=C(O)C(=Cc3ccc4ccccc4[n+]3CCCCCCCCCCCOC)C2=O)cc1. The molecule has 0 spiro atoms. The zero-order valence-corrected chi connectivity index (χ0v) is 28.0. The van der Waals surface area contributed by atoms with Gasteiger partial charge in [-0.1, -0.05) is 89.5 Å². The van der Waals surface area contributed by atoms with E-state index in [4.69, 9.17) is 4.74 Å². The molecule has 1 aliphatic carbocycles. The fraction of sp³-hybridized carbons (Fsp3) is 0.500. The van der Waals surface area contributed by atoms with Crippen LogP contribution >= 0.6 is 0 Å². The number of ether oxygens (including phenoxy) is 1. The number of rotatable bonds is 21. The second-order valence-corrected chi connectivity index (χ2v) is 12.5. The first-order valence-corrected chi connectivity index (χ1v) is 17.5. The summed E-state index contributed by atoms with van der Waals surface area (Å²) in [4.78, 5) is 15.8. The van der Waals surface area contributed by atoms with Crippen LogP contribution in [0.25, 0.3) is 22.6 Å². The summed E-state index contributed by atoms with van der Waals surface area (Å²) in [5, 5.41) is 12.3. The second kappa shape index (κ2) is 18.5. The third kappa shape index (κ3) is 9.53. The highest BCUT2D eigenvalue weighted by Gasteiger charge is 2.35. The first-order chi connectivity index (χ1) is 22.1. The van der Waals surface area contributed by atoms with Crippen LogP contribution in [0.1, 0.15) is 109 Å². The molecule has 4 rings (SSSR count). The van der Waals surface area contributed by atoms with Crippen molar-refractivity contribution < 1.29 is 19.2 Å². The molecule has 0 atom stereocenters. The number of carbonyl (C=O) groups excluding carboxylic acids is 1. The molecule has 0 unspecified atom stereocenters. The molecule has 1 aliphatic rings. The van der Waals surface area contributed by atoms with E-state index in [1.54, 1.807) is 7.11 Å². The number of hydrogen-bond acceptors (Lipinski definition) is 4. The second-order valence-electron chi connectivity index (χ2n) is 12.5. The smallest absolute Gasteiger partial charge is 0.212 e. The molecule has 1 aromatic heterocycles. The van der Waals surface area contributed by atoms with Gasteiger partial charge in [-0.15, -0.1) is 0 Å². The molecule has 0 aliphatic heterocycles. The van der Waals surface area contributed by atoms with Gasteiger partial charge in [0.2, 0.25) is 17.0 Å². The minimum atomic E-state index is -0.0870. The Bertz CT molecular complexity index is 1420. The van der Waals surface area contributed by atoms with Gasteiger partial charge in [-0.3, -0.25) is 4.79 Å². The van der Waals surface area contributed by atoms with Crippen molar-refractivity contribution in [2.45, 2.75) is 104 Å². The van der Waals surface area contributed by atoms with Crippen molar-refractivity contribution in [3.63, 3.8) is 0 Å². The van der Waals surface area contributed by atoms with E-state index in [0.29, 0.717) is 11.1 Å². The Morgan fingerprint density at radius 2 is 1.38 bits per heavy atom. The van der Waals surface area contributed by atoms with Crippen LogP contribution in [-0.2, 0) is 16.1 Å². The molecule has 0 fully saturated rings. The van der Waals surface area contributed by atoms with E-state index < -0.39 is 0 Å². The predicted molar refractivity (Wildman–Crippen MR) is 189 cm³/mol. The number of anilines is 1. The van der Waals surface area contributed by atoms with E-state index in [1.807, 2.05) is 18.2 Å². The molecule has 0 radical (unpaired) electrons. The number of aliphatic hydroxyl groups is 1. The van der Waals surface area contributed by atoms with E-state index >= 15 is 0 Å². The number of aryl methyl sites for hydroxylation is 1. The Hall–Kier alpha value is -3.44. The number of allylic oxidation sites excluding steroid dienone is 2. The number of aliphatic hydroxyl groups excluding tert-OH is 1. The van der Waals surface area contributed by atoms with Crippen molar-refractivity contribution >= 4 is 34.0 Å². The third-order valence-corrected chi connectivity index (χ3v) is 9.04. The fourth-order valence-corrected chi connectivity index (χ4v) is 6.29. The summed E-state index contributed by atoms with van der Waals surface area (Å²) in [6, 6.07) is 20.8. The van der Waals surface area contributed by atoms with Crippen LogP contribution in [0.5, 0.6) is 0 Å². The molecule has 242 valence electrons. The Labute approximate surface area is 271 Å². The Morgan fingerprint density at radius 1 is 0.756 bits per heavy atom. The summed E-state index contributed by atoms with van der Waals surface area (Å²) in [7, 11) is 1.77. The molecule has 0 amide bonds. The highest BCUT2D eigenvalue weighted by atomic mass is 16.5. The molecule has 0 saturated heterocycles. The lowest BCUT2D eigenvalue weighted by Crippen LogP contribution is -2.38. The number of nitrogens with zero attached hydrogens (tertiary/aromatic N) is 2. The largest absolute Gasteiger partial charge is 0.506 e. The van der Waals surface area contributed by atoms with Crippen molar-refractivity contribution in [3.8, 4) is 0 Å². The average Bonchev–Trinajstić information content (AvgIpc) is 3.07. The number of pyridine rings is 1. The number of Topliss-reactive ketones (excluding diaryl/α,β-unsaturated/α-hetero) is 1. The van der Waals surface area contributed by atoms with Gasteiger partial charge in [0.15, 0.2) is 0 Å². The monoisotopic (exact) mass is 611 g/mol. The minimum absolute atomic E-state index is 0.0870. The summed E-state index contributed by atoms with van der Waals surface area (Å²) in [6.45, 7) is 8.28. The van der Waals surface area contributed by atoms with E-state index in [2.05, 4.69) is 71.8 Å². The maximum Gasteiger partial charge on any atom is 0.212 e. The van der Waals surface area contributed by atoms with Crippen molar-refractivity contribution in [1.82, 2.24) is 0 Å². The maximum absolute atomic E-state index is 13.4. The first-order valence-electron chi connectivity index (χ1n) is 17.5. The van der Waals surface area contributed by atoms with Gasteiger partial charge >= 0.3 is 0 Å². The molecular formula is C40H55N2O3+. The maximum atomic E-state index is 13.4. The van der Waals surface area contributed by atoms with Gasteiger partial charge in [0.05, 0.1) is 11.1 Å². The normalized spacial score (nSPS) is 14.0. The van der Waals surface area contributed by atoms with Gasteiger partial charge in [-0.2, -0.15) is 4.57 Å². The van der Waals surface area contributed by atoms with E-state index in [-0.39, 0.29) is 11.5 Å². The zero-order valence-electron chi connectivity index (χ0n) is 28.0. The van der Waals surface area contributed by atoms with Crippen LogP contribution < -0.4 is 9.47 Å². The van der Waals surface area contributed by atoms with Gasteiger partial charge < -0.3 is 14.7 Å². The van der Waals surface area contributed by atoms with Crippen LogP contribution in [0.15, 0.2) is 72.0 Å². The number of benzene rings is 2. The van der Waals surface area contributed by atoms with Gasteiger partial charge in [0.1, 0.15) is 12.3 Å². The first kappa shape index (κ1) is 34.4. The lowest BCUT2D eigenvalue weighted by molar-refractivity contribution is -0.673. The molecule has 1 heterocycles. The molecule has 0 saturated carbocycles. The molecule has 0 bridgehead atoms. The zero-order chi connectivity index (χ0) is 31.9. The van der Waals surface area contributed by atoms with Gasteiger partial charge in [-0.25, -0.2) is 0 Å². The summed E-state index contributed by atoms with van der Waals surface area (Å²) in [5.74, 6) is 0.0134. The van der Waals surface area contributed by atoms with Crippen LogP contribution in [0.4, 0.5) is 5.69 Å². The number of fused-ring (bicyclic) bond motifs is 1. The van der Waals surface area contributed by atoms with Crippen LogP contribution in [0.2, 0.25) is 0 Å². The minimum Gasteiger partial charge on any atom is -0.506 e. The number of methoxy groups -OCH3 is 1. The fourth-order valence-electron chi connectivity index (χ4n) is 6.29. The summed E-state index contributed by atoms with van der Waals surface area (Å²) in [6.07, 6.45) is 17.7. The number of unbranched alkanes of at least 4 members (excludes halogenated alkanes) is 10. The van der Waals surface area contributed by atoms with Crippen LogP contribution in [-0.4, -0.2) is 37.7 Å². The highest BCUT2D eigenvalue weighted by Crippen LogP contribution is 2.37. The highest BCUT2D eigenvalue weighted by molar-refractivity contribution is 6.40. The van der Waals surface area contributed by atoms with Gasteiger partial charge in [-0.05, 0) is 55.5 Å². The molecule has 2 aromatic carbocycles. The molecule has 3 aromatic rings. The molecule has 45 heavy (non-hydrogen) atoms. The van der Waals surface area contributed by atoms with Gasteiger partial charge in [0.25, 0.3) is 0 Å². The standard InChI is InChI=1S/C40H54N2O3/c1-4-6-27-41(28-7-5-2)34-24-22-33(23-25-34)38-39(43)36(40(38)44)31-35-26-21-32-19-15-16-20-37(32)42(35)29-17-13-11-9-8-10-12-14-18-30-45-3/h15-16,19-26,31H,4-14,17-18,27-30H2,1-3H3/p+1. The van der Waals surface area contributed by atoms with E-state index in [0.717, 1.165) is 62.3 Å². The number of para-hydroxylation sites is 1. The van der Waals surface area contributed by atoms with Crippen LogP contribution in [0.3, 0.4) is 0 Å². The molecule has 5 nitrogen and oxygen atoms in total. The predicted octanol–water partition coefficient (Wildman–Crippen LogP) is 9.63. The average molecular weight is 612 g/mol. The van der Waals surface area contributed by atoms with E-state index in [9.17, 15) is 9.90 Å². The Kier molecular flexibility index (Phi) is 14.2. The van der Waals surface area contributed by atoms with Crippen molar-refractivity contribution in [3.05, 3.63) is 83.3 Å². The lowest BCUT2D eigenvalue weighted by Gasteiger charge is -2.26. The number of aromatic nitrogens is 1. The molecule has 5 heteroatoms. The summed E-state index contributed by atoms with van der Waals surface area (Å²) >= 11 is 0. The topological polar surface area (TPSA) is 53.6 Å². The Balaban J connectivity index is 1.43. The quantitative estimate of drug-likeness (QED) is 0.0740. The van der Waals surface area contributed by atoms with Crippen molar-refractivity contribution in [2.75, 3.05) is 31.7 Å². The lowest BCUT2D eigenvalue weighted by atomic mass is 9.83. The molecule has 1 N–H and O–H groups in total. The van der Waals surface area contributed by atoms with Crippen LogP contribution in [0, 0.1) is 0 Å². The number of hydrogen-bond donors (Lipinski definition) is 1. The van der Waals surface area contributed by atoms with Crippen molar-refractivity contribution in [2.24, 2.45) is 0 Å². The molecular weight excluding hydrogens is 556 g/mol. The number of ketones is 1. The third-order valence-electron chi connectivity index (χ3n) is 9.04. The summed E-state index contributed by atoms with van der Waals surface area (Å²) < 4.78 is 7.45. The van der Waals surface area contributed by atoms with E-state index in [1.165, 1.54) is 75.3 Å².